The summed E-state index contributed by atoms with van der Waals surface area (Å²) < 4.78 is 1.17. The molecule has 2 heteroatoms. The maximum atomic E-state index is 3.75. The van der Waals surface area contributed by atoms with Crippen LogP contribution in [0.5, 0.6) is 0 Å². The van der Waals surface area contributed by atoms with E-state index >= 15 is 0 Å². The van der Waals surface area contributed by atoms with Crippen molar-refractivity contribution in [3.8, 4) is 0 Å². The van der Waals surface area contributed by atoms with Crippen LogP contribution in [0.25, 0.3) is 0 Å². The fraction of sp³-hybridized carbons (Fsp3) is 0.684. The van der Waals surface area contributed by atoms with Crippen molar-refractivity contribution in [2.24, 2.45) is 11.8 Å². The smallest absolute Gasteiger partial charge is 0.0175 e. The zero-order valence-electron chi connectivity index (χ0n) is 13.6. The Morgan fingerprint density at radius 2 is 1.76 bits per heavy atom. The highest BCUT2D eigenvalue weighted by atomic mass is 79.9. The molecule has 0 aliphatic heterocycles. The van der Waals surface area contributed by atoms with Crippen LogP contribution >= 0.6 is 15.9 Å². The van der Waals surface area contributed by atoms with Crippen molar-refractivity contribution >= 4 is 15.9 Å². The van der Waals surface area contributed by atoms with Gasteiger partial charge in [-0.15, -0.1) is 0 Å². The maximum absolute atomic E-state index is 3.75. The number of likely N-dealkylation sites (N-methyl/N-ethyl adjacent to an activating group) is 1. The summed E-state index contributed by atoms with van der Waals surface area (Å²) in [5.74, 6) is 1.86. The number of nitrogens with one attached hydrogen (secondary N) is 1. The second kappa shape index (κ2) is 8.95. The van der Waals surface area contributed by atoms with Gasteiger partial charge in [0.25, 0.3) is 0 Å². The number of hydrogen-bond donors (Lipinski definition) is 1. The van der Waals surface area contributed by atoms with Crippen molar-refractivity contribution in [1.82, 2.24) is 5.32 Å². The summed E-state index contributed by atoms with van der Waals surface area (Å²) in [6.07, 6.45) is 9.68. The predicted molar refractivity (Wildman–Crippen MR) is 95.7 cm³/mol. The van der Waals surface area contributed by atoms with Gasteiger partial charge in [0.1, 0.15) is 0 Å². The minimum Gasteiger partial charge on any atom is -0.314 e. The highest BCUT2D eigenvalue weighted by Gasteiger charge is 2.26. The molecule has 118 valence electrons. The van der Waals surface area contributed by atoms with Crippen molar-refractivity contribution in [3.63, 3.8) is 0 Å². The van der Waals surface area contributed by atoms with Crippen molar-refractivity contribution in [1.29, 1.82) is 0 Å². The summed E-state index contributed by atoms with van der Waals surface area (Å²) in [5, 5.41) is 3.75. The van der Waals surface area contributed by atoms with Gasteiger partial charge in [-0.05, 0) is 55.3 Å². The first-order valence-corrected chi connectivity index (χ1v) is 9.50. The van der Waals surface area contributed by atoms with Gasteiger partial charge < -0.3 is 5.32 Å². The van der Waals surface area contributed by atoms with Crippen LogP contribution in [0.15, 0.2) is 28.7 Å². The molecule has 1 aromatic carbocycles. The Morgan fingerprint density at radius 1 is 1.10 bits per heavy atom. The molecule has 1 aliphatic rings. The molecule has 1 N–H and O–H groups in total. The lowest BCUT2D eigenvalue weighted by Crippen LogP contribution is -2.39. The zero-order valence-corrected chi connectivity index (χ0v) is 15.2. The van der Waals surface area contributed by atoms with E-state index in [1.165, 1.54) is 55.0 Å². The molecule has 1 fully saturated rings. The fourth-order valence-corrected chi connectivity index (χ4v) is 4.09. The van der Waals surface area contributed by atoms with Crippen molar-refractivity contribution < 1.29 is 0 Å². The van der Waals surface area contributed by atoms with Gasteiger partial charge >= 0.3 is 0 Å². The molecule has 0 amide bonds. The lowest BCUT2D eigenvalue weighted by molar-refractivity contribution is 0.213. The molecule has 21 heavy (non-hydrogen) atoms. The van der Waals surface area contributed by atoms with E-state index in [0.29, 0.717) is 6.04 Å². The molecular formula is C19H30BrN. The van der Waals surface area contributed by atoms with Crippen molar-refractivity contribution in [2.75, 3.05) is 6.54 Å². The van der Waals surface area contributed by atoms with Gasteiger partial charge in [-0.3, -0.25) is 0 Å². The lowest BCUT2D eigenvalue weighted by Gasteiger charge is -2.34. The summed E-state index contributed by atoms with van der Waals surface area (Å²) in [4.78, 5) is 0. The van der Waals surface area contributed by atoms with Crippen molar-refractivity contribution in [3.05, 3.63) is 34.3 Å². The SMILES string of the molecule is CCCC1CCC(C(Cc2ccc(Br)cc2)NCC)CC1. The first kappa shape index (κ1) is 17.0. The van der Waals surface area contributed by atoms with E-state index in [1.807, 2.05) is 0 Å². The standard InChI is InChI=1S/C19H30BrN/c1-3-5-15-6-10-17(11-7-15)19(21-4-2)14-16-8-12-18(20)13-9-16/h8-9,12-13,15,17,19,21H,3-7,10-11,14H2,1-2H3. The van der Waals surface area contributed by atoms with Crippen LogP contribution in [0.3, 0.4) is 0 Å². The van der Waals surface area contributed by atoms with Crippen LogP contribution in [0.1, 0.15) is 57.9 Å². The summed E-state index contributed by atoms with van der Waals surface area (Å²) in [7, 11) is 0. The van der Waals surface area contributed by atoms with E-state index in [4.69, 9.17) is 0 Å². The van der Waals surface area contributed by atoms with Gasteiger partial charge in [0.05, 0.1) is 0 Å². The van der Waals surface area contributed by atoms with Gasteiger partial charge in [-0.1, -0.05) is 67.6 Å². The molecule has 0 aromatic heterocycles. The third kappa shape index (κ3) is 5.41. The monoisotopic (exact) mass is 351 g/mol. The number of hydrogen-bond acceptors (Lipinski definition) is 1. The molecule has 0 bridgehead atoms. The highest BCUT2D eigenvalue weighted by Crippen LogP contribution is 2.34. The third-order valence-electron chi connectivity index (χ3n) is 4.99. The topological polar surface area (TPSA) is 12.0 Å². The van der Waals surface area contributed by atoms with Gasteiger partial charge in [0, 0.05) is 10.5 Å². The molecule has 0 spiro atoms. The molecule has 0 radical (unpaired) electrons. The van der Waals surface area contributed by atoms with E-state index in [1.54, 1.807) is 0 Å². The molecule has 1 aromatic rings. The molecule has 1 unspecified atom stereocenters. The maximum Gasteiger partial charge on any atom is 0.0175 e. The van der Waals surface area contributed by atoms with E-state index in [0.717, 1.165) is 18.4 Å². The summed E-state index contributed by atoms with van der Waals surface area (Å²) in [6.45, 7) is 5.63. The molecule has 0 heterocycles. The number of benzene rings is 1. The molecule has 1 saturated carbocycles. The number of rotatable bonds is 7. The van der Waals surface area contributed by atoms with E-state index in [9.17, 15) is 0 Å². The lowest BCUT2D eigenvalue weighted by atomic mass is 9.76. The average Bonchev–Trinajstić information content (AvgIpc) is 2.50. The molecule has 1 nitrogen and oxygen atoms in total. The molecule has 2 rings (SSSR count). The van der Waals surface area contributed by atoms with Gasteiger partial charge in [0.15, 0.2) is 0 Å². The first-order chi connectivity index (χ1) is 10.2. The highest BCUT2D eigenvalue weighted by molar-refractivity contribution is 9.10. The fourth-order valence-electron chi connectivity index (χ4n) is 3.83. The zero-order chi connectivity index (χ0) is 15.1. The van der Waals surface area contributed by atoms with Crippen LogP contribution in [-0.2, 0) is 6.42 Å². The minimum atomic E-state index is 0.652. The normalized spacial score (nSPS) is 24.0. The Bertz CT molecular complexity index is 393. The van der Waals surface area contributed by atoms with Gasteiger partial charge in [-0.2, -0.15) is 0 Å². The van der Waals surface area contributed by atoms with Gasteiger partial charge in [-0.25, -0.2) is 0 Å². The van der Waals surface area contributed by atoms with Gasteiger partial charge in [0.2, 0.25) is 0 Å². The average molecular weight is 352 g/mol. The Kier molecular flexibility index (Phi) is 7.25. The number of halogens is 1. The van der Waals surface area contributed by atoms with E-state index in [2.05, 4.69) is 59.4 Å². The summed E-state index contributed by atoms with van der Waals surface area (Å²) >= 11 is 3.52. The Morgan fingerprint density at radius 3 is 2.33 bits per heavy atom. The second-order valence-electron chi connectivity index (χ2n) is 6.56. The molecule has 1 aliphatic carbocycles. The minimum absolute atomic E-state index is 0.652. The second-order valence-corrected chi connectivity index (χ2v) is 7.48. The molecule has 1 atom stereocenters. The largest absolute Gasteiger partial charge is 0.314 e. The third-order valence-corrected chi connectivity index (χ3v) is 5.52. The Labute approximate surface area is 139 Å². The van der Waals surface area contributed by atoms with Crippen LogP contribution in [0, 0.1) is 11.8 Å². The first-order valence-electron chi connectivity index (χ1n) is 8.70. The van der Waals surface area contributed by atoms with Crippen LogP contribution < -0.4 is 5.32 Å². The summed E-state index contributed by atoms with van der Waals surface area (Å²) in [5.41, 5.74) is 1.46. The summed E-state index contributed by atoms with van der Waals surface area (Å²) in [6, 6.07) is 9.50. The van der Waals surface area contributed by atoms with E-state index < -0.39 is 0 Å². The van der Waals surface area contributed by atoms with E-state index in [-0.39, 0.29) is 0 Å². The quantitative estimate of drug-likeness (QED) is 0.676. The van der Waals surface area contributed by atoms with Crippen LogP contribution in [-0.4, -0.2) is 12.6 Å². The Balaban J connectivity index is 1.91. The van der Waals surface area contributed by atoms with Crippen molar-refractivity contribution in [2.45, 2.75) is 64.8 Å². The van der Waals surface area contributed by atoms with Crippen LogP contribution in [0.2, 0.25) is 0 Å². The molecule has 0 saturated heterocycles. The molecular weight excluding hydrogens is 322 g/mol. The predicted octanol–water partition coefficient (Wildman–Crippen LogP) is 5.58. The van der Waals surface area contributed by atoms with Crippen LogP contribution in [0.4, 0.5) is 0 Å². The Hall–Kier alpha value is -0.340.